The topological polar surface area (TPSA) is 96.6 Å². The van der Waals surface area contributed by atoms with Gasteiger partial charge in [-0.1, -0.05) is 0 Å². The predicted octanol–water partition coefficient (Wildman–Crippen LogP) is 0.379. The van der Waals surface area contributed by atoms with E-state index >= 15 is 0 Å². The molecule has 0 unspecified atom stereocenters. The summed E-state index contributed by atoms with van der Waals surface area (Å²) < 4.78 is 4.99. The number of rotatable bonds is 3. The van der Waals surface area contributed by atoms with Crippen LogP contribution in [0.25, 0.3) is 0 Å². The first-order valence-corrected chi connectivity index (χ1v) is 6.63. The van der Waals surface area contributed by atoms with Crippen LogP contribution >= 0.6 is 0 Å². The van der Waals surface area contributed by atoms with E-state index in [0.29, 0.717) is 38.6 Å². The molecular weight excluding hydrogens is 260 g/mol. The minimum absolute atomic E-state index is 0.236. The largest absolute Gasteiger partial charge is 0.450 e. The second kappa shape index (κ2) is 6.27. The molecule has 1 fully saturated rings. The number of nitrogens with two attached hydrogens (primary N) is 1. The molecule has 3 N–H and O–H groups in total. The maximum absolute atomic E-state index is 11.6. The zero-order valence-corrected chi connectivity index (χ0v) is 11.8. The molecule has 8 heteroatoms. The van der Waals surface area contributed by atoms with Crippen molar-refractivity contribution in [3.8, 4) is 0 Å². The highest BCUT2D eigenvalue weighted by molar-refractivity contribution is 5.68. The van der Waals surface area contributed by atoms with E-state index in [1.54, 1.807) is 18.9 Å². The third kappa shape index (κ3) is 3.19. The van der Waals surface area contributed by atoms with Gasteiger partial charge in [0, 0.05) is 39.3 Å². The van der Waals surface area contributed by atoms with Gasteiger partial charge in [0.2, 0.25) is 5.95 Å². The number of aromatic nitrogens is 2. The highest BCUT2D eigenvalue weighted by atomic mass is 16.6. The van der Waals surface area contributed by atoms with Gasteiger partial charge in [-0.25, -0.2) is 4.79 Å². The van der Waals surface area contributed by atoms with Crippen LogP contribution in [0.5, 0.6) is 0 Å². The Labute approximate surface area is 117 Å². The third-order valence-electron chi connectivity index (χ3n) is 3.12. The van der Waals surface area contributed by atoms with Crippen LogP contribution < -0.4 is 16.0 Å². The summed E-state index contributed by atoms with van der Waals surface area (Å²) in [6.07, 6.45) is -0.259. The van der Waals surface area contributed by atoms with Gasteiger partial charge in [-0.2, -0.15) is 9.97 Å². The van der Waals surface area contributed by atoms with Crippen molar-refractivity contribution >= 4 is 23.7 Å². The number of piperazine rings is 1. The molecule has 1 aromatic rings. The lowest BCUT2D eigenvalue weighted by Gasteiger charge is -2.34. The van der Waals surface area contributed by atoms with Gasteiger partial charge in [-0.05, 0) is 6.92 Å². The van der Waals surface area contributed by atoms with Crippen LogP contribution in [0.15, 0.2) is 6.07 Å². The van der Waals surface area contributed by atoms with E-state index in [-0.39, 0.29) is 12.0 Å². The van der Waals surface area contributed by atoms with Gasteiger partial charge in [0.15, 0.2) is 0 Å². The number of nitrogen functional groups attached to an aromatic ring is 1. The van der Waals surface area contributed by atoms with Crippen molar-refractivity contribution in [2.45, 2.75) is 6.92 Å². The Morgan fingerprint density at radius 1 is 1.40 bits per heavy atom. The Hall–Kier alpha value is -2.25. The summed E-state index contributed by atoms with van der Waals surface area (Å²) >= 11 is 0. The maximum atomic E-state index is 11.6. The average Bonchev–Trinajstić information content (AvgIpc) is 2.47. The second-order valence-electron chi connectivity index (χ2n) is 4.39. The monoisotopic (exact) mass is 280 g/mol. The van der Waals surface area contributed by atoms with Crippen molar-refractivity contribution < 1.29 is 9.53 Å². The molecule has 20 heavy (non-hydrogen) atoms. The molecular formula is C12H20N6O2. The Balaban J connectivity index is 2.00. The van der Waals surface area contributed by atoms with Crippen molar-refractivity contribution in [1.82, 2.24) is 14.9 Å². The van der Waals surface area contributed by atoms with Crippen LogP contribution in [0.2, 0.25) is 0 Å². The second-order valence-corrected chi connectivity index (χ2v) is 4.39. The normalized spacial score (nSPS) is 15.1. The fraction of sp³-hybridized carbons (Fsp3) is 0.583. The smallest absolute Gasteiger partial charge is 0.409 e. The van der Waals surface area contributed by atoms with Gasteiger partial charge in [0.05, 0.1) is 6.61 Å². The summed E-state index contributed by atoms with van der Waals surface area (Å²) in [6.45, 7) is 4.80. The highest BCUT2D eigenvalue weighted by Gasteiger charge is 2.23. The summed E-state index contributed by atoms with van der Waals surface area (Å²) in [5, 5.41) is 2.95. The number of hydrogen-bond donors (Lipinski definition) is 2. The molecule has 2 heterocycles. The van der Waals surface area contributed by atoms with Crippen molar-refractivity contribution in [3.05, 3.63) is 6.07 Å². The average molecular weight is 280 g/mol. The van der Waals surface area contributed by atoms with E-state index in [0.717, 1.165) is 5.82 Å². The molecule has 1 aliphatic rings. The molecule has 1 aliphatic heterocycles. The maximum Gasteiger partial charge on any atom is 0.409 e. The van der Waals surface area contributed by atoms with Crippen LogP contribution in [0.4, 0.5) is 22.4 Å². The van der Waals surface area contributed by atoms with Crippen LogP contribution in [0, 0.1) is 0 Å². The van der Waals surface area contributed by atoms with E-state index in [9.17, 15) is 4.79 Å². The summed E-state index contributed by atoms with van der Waals surface area (Å²) in [5.74, 6) is 1.69. The minimum atomic E-state index is -0.259. The third-order valence-corrected chi connectivity index (χ3v) is 3.12. The molecule has 1 aromatic heterocycles. The number of nitrogens with one attached hydrogen (secondary N) is 1. The van der Waals surface area contributed by atoms with Gasteiger partial charge in [-0.3, -0.25) is 0 Å². The van der Waals surface area contributed by atoms with Gasteiger partial charge >= 0.3 is 6.09 Å². The Bertz CT molecular complexity index is 473. The van der Waals surface area contributed by atoms with E-state index in [2.05, 4.69) is 20.2 Å². The highest BCUT2D eigenvalue weighted by Crippen LogP contribution is 2.18. The zero-order valence-electron chi connectivity index (χ0n) is 11.8. The van der Waals surface area contributed by atoms with Gasteiger partial charge in [0.25, 0.3) is 0 Å². The Kier molecular flexibility index (Phi) is 4.44. The molecule has 0 radical (unpaired) electrons. The summed E-state index contributed by atoms with van der Waals surface area (Å²) in [7, 11) is 1.78. The Morgan fingerprint density at radius 3 is 2.70 bits per heavy atom. The minimum Gasteiger partial charge on any atom is -0.450 e. The molecule has 8 nitrogen and oxygen atoms in total. The standard InChI is InChI=1S/C12H20N6O2/c1-3-20-12(19)18-6-4-17(5-7-18)10-8-9(14-2)15-11(13)16-10/h8H,3-7H2,1-2H3,(H3,13,14,15,16). The number of ether oxygens (including phenoxy) is 1. The number of hydrogen-bond acceptors (Lipinski definition) is 7. The van der Waals surface area contributed by atoms with Crippen LogP contribution in [0.3, 0.4) is 0 Å². The summed E-state index contributed by atoms with van der Waals surface area (Å²) in [5.41, 5.74) is 5.68. The first-order chi connectivity index (χ1) is 9.63. The first kappa shape index (κ1) is 14.2. The lowest BCUT2D eigenvalue weighted by atomic mass is 10.3. The predicted molar refractivity (Wildman–Crippen MR) is 76.8 cm³/mol. The molecule has 110 valence electrons. The number of anilines is 3. The van der Waals surface area contributed by atoms with Crippen LogP contribution in [0.1, 0.15) is 6.92 Å². The van der Waals surface area contributed by atoms with Crippen molar-refractivity contribution in [2.24, 2.45) is 0 Å². The van der Waals surface area contributed by atoms with Crippen molar-refractivity contribution in [1.29, 1.82) is 0 Å². The van der Waals surface area contributed by atoms with Gasteiger partial charge in [-0.15, -0.1) is 0 Å². The summed E-state index contributed by atoms with van der Waals surface area (Å²) in [4.78, 5) is 23.7. The van der Waals surface area contributed by atoms with Crippen LogP contribution in [-0.2, 0) is 4.74 Å². The van der Waals surface area contributed by atoms with Crippen molar-refractivity contribution in [3.63, 3.8) is 0 Å². The van der Waals surface area contributed by atoms with Gasteiger partial charge < -0.3 is 25.6 Å². The first-order valence-electron chi connectivity index (χ1n) is 6.63. The van der Waals surface area contributed by atoms with E-state index < -0.39 is 0 Å². The van der Waals surface area contributed by atoms with Crippen molar-refractivity contribution in [2.75, 3.05) is 55.8 Å². The summed E-state index contributed by atoms with van der Waals surface area (Å²) in [6, 6.07) is 1.84. The number of carbonyl (C=O) groups excluding carboxylic acids is 1. The van der Waals surface area contributed by atoms with E-state index in [1.165, 1.54) is 0 Å². The molecule has 2 rings (SSSR count). The lowest BCUT2D eigenvalue weighted by molar-refractivity contribution is 0.105. The van der Waals surface area contributed by atoms with Crippen LogP contribution in [-0.4, -0.2) is 60.8 Å². The number of nitrogens with zero attached hydrogens (tertiary/aromatic N) is 4. The molecule has 1 amide bonds. The molecule has 0 saturated carbocycles. The molecule has 0 atom stereocenters. The Morgan fingerprint density at radius 2 is 2.10 bits per heavy atom. The fourth-order valence-electron chi connectivity index (χ4n) is 2.08. The van der Waals surface area contributed by atoms with Gasteiger partial charge in [0.1, 0.15) is 11.6 Å². The zero-order chi connectivity index (χ0) is 14.5. The molecule has 1 saturated heterocycles. The molecule has 0 aliphatic carbocycles. The molecule has 0 bridgehead atoms. The lowest BCUT2D eigenvalue weighted by Crippen LogP contribution is -2.49. The fourth-order valence-corrected chi connectivity index (χ4v) is 2.08. The number of carbonyl (C=O) groups is 1. The quantitative estimate of drug-likeness (QED) is 0.826. The number of amides is 1. The molecule has 0 spiro atoms. The van der Waals surface area contributed by atoms with E-state index in [4.69, 9.17) is 10.5 Å². The van der Waals surface area contributed by atoms with E-state index in [1.807, 2.05) is 6.07 Å². The SMILES string of the molecule is CCOC(=O)N1CCN(c2cc(NC)nc(N)n2)CC1. The molecule has 0 aromatic carbocycles.